The Balaban J connectivity index is 2.16. The van der Waals surface area contributed by atoms with Crippen LogP contribution < -0.4 is 0 Å². The molecule has 2 aromatic rings. The first-order valence-corrected chi connectivity index (χ1v) is 4.91. The first-order chi connectivity index (χ1) is 7.77. The van der Waals surface area contributed by atoms with Gasteiger partial charge in [-0.3, -0.25) is 4.79 Å². The number of rotatable bonds is 3. The Hall–Kier alpha value is -2.29. The molecule has 0 atom stereocenters. The summed E-state index contributed by atoms with van der Waals surface area (Å²) in [4.78, 5) is 14.4. The third-order valence-corrected chi connectivity index (χ3v) is 2.21. The predicted octanol–water partition coefficient (Wildman–Crippen LogP) is 2.62. The lowest BCUT2D eigenvalue weighted by molar-refractivity contribution is 0.104. The molecule has 0 aliphatic heterocycles. The summed E-state index contributed by atoms with van der Waals surface area (Å²) in [5.74, 6) is 0.0475. The van der Waals surface area contributed by atoms with Crippen LogP contribution in [0.4, 0.5) is 0 Å². The Morgan fingerprint density at radius 2 is 2.00 bits per heavy atom. The van der Waals surface area contributed by atoms with Crippen molar-refractivity contribution in [3.63, 3.8) is 0 Å². The number of nitrogens with one attached hydrogen (secondary N) is 1. The third-order valence-electron chi connectivity index (χ3n) is 2.21. The standard InChI is InChI=1S/C13H11NO2/c15-12-6-2-1-4-10(12)7-8-13(16)11-5-3-9-14-11/h1-9,14-15H/b8-7+. The van der Waals surface area contributed by atoms with Crippen LogP contribution in [0.15, 0.2) is 48.7 Å². The summed E-state index contributed by atoms with van der Waals surface area (Å²) < 4.78 is 0. The molecule has 2 rings (SSSR count). The number of hydrogen-bond donors (Lipinski definition) is 2. The molecule has 0 amide bonds. The van der Waals surface area contributed by atoms with E-state index in [1.807, 2.05) is 0 Å². The van der Waals surface area contributed by atoms with Crippen LogP contribution in [0, 0.1) is 0 Å². The Kier molecular flexibility index (Phi) is 2.87. The summed E-state index contributed by atoms with van der Waals surface area (Å²) in [5, 5.41) is 9.48. The second-order valence-corrected chi connectivity index (χ2v) is 3.34. The van der Waals surface area contributed by atoms with E-state index in [1.54, 1.807) is 48.7 Å². The Morgan fingerprint density at radius 3 is 2.69 bits per heavy atom. The number of allylic oxidation sites excluding steroid dienone is 1. The van der Waals surface area contributed by atoms with E-state index < -0.39 is 0 Å². The lowest BCUT2D eigenvalue weighted by Gasteiger charge is -1.96. The normalized spacial score (nSPS) is 10.8. The molecule has 0 saturated carbocycles. The van der Waals surface area contributed by atoms with E-state index in [1.165, 1.54) is 6.08 Å². The van der Waals surface area contributed by atoms with Gasteiger partial charge in [-0.2, -0.15) is 0 Å². The molecular weight excluding hydrogens is 202 g/mol. The average molecular weight is 213 g/mol. The van der Waals surface area contributed by atoms with E-state index in [0.717, 1.165) is 0 Å². The van der Waals surface area contributed by atoms with Crippen molar-refractivity contribution in [2.75, 3.05) is 0 Å². The van der Waals surface area contributed by atoms with Gasteiger partial charge in [0.05, 0.1) is 5.69 Å². The molecule has 16 heavy (non-hydrogen) atoms. The van der Waals surface area contributed by atoms with Crippen LogP contribution in [0.3, 0.4) is 0 Å². The summed E-state index contributed by atoms with van der Waals surface area (Å²) in [6.45, 7) is 0. The fraction of sp³-hybridized carbons (Fsp3) is 0. The summed E-state index contributed by atoms with van der Waals surface area (Å²) in [5.41, 5.74) is 1.16. The highest BCUT2D eigenvalue weighted by Crippen LogP contribution is 2.17. The van der Waals surface area contributed by atoms with Crippen molar-refractivity contribution in [2.24, 2.45) is 0 Å². The zero-order valence-electron chi connectivity index (χ0n) is 8.55. The molecular formula is C13H11NO2. The number of phenolic OH excluding ortho intramolecular Hbond substituents is 1. The van der Waals surface area contributed by atoms with Crippen molar-refractivity contribution in [3.05, 3.63) is 59.9 Å². The van der Waals surface area contributed by atoms with Crippen molar-refractivity contribution in [2.45, 2.75) is 0 Å². The minimum absolute atomic E-state index is 0.117. The second-order valence-electron chi connectivity index (χ2n) is 3.34. The summed E-state index contributed by atoms with van der Waals surface area (Å²) in [6, 6.07) is 10.3. The maximum Gasteiger partial charge on any atom is 0.201 e. The first-order valence-electron chi connectivity index (χ1n) is 4.91. The number of ketones is 1. The molecule has 0 fully saturated rings. The van der Waals surface area contributed by atoms with Crippen LogP contribution in [0.1, 0.15) is 16.1 Å². The van der Waals surface area contributed by atoms with E-state index in [9.17, 15) is 9.90 Å². The van der Waals surface area contributed by atoms with Gasteiger partial charge in [0.15, 0.2) is 0 Å². The van der Waals surface area contributed by atoms with Gasteiger partial charge in [-0.15, -0.1) is 0 Å². The molecule has 3 heteroatoms. The number of H-pyrrole nitrogens is 1. The average Bonchev–Trinajstić information content (AvgIpc) is 2.81. The SMILES string of the molecule is O=C(/C=C/c1ccccc1O)c1ccc[nH]1. The predicted molar refractivity (Wildman–Crippen MR) is 62.3 cm³/mol. The minimum Gasteiger partial charge on any atom is -0.507 e. The van der Waals surface area contributed by atoms with Crippen LogP contribution in [-0.4, -0.2) is 15.9 Å². The van der Waals surface area contributed by atoms with E-state index in [4.69, 9.17) is 0 Å². The molecule has 0 aliphatic rings. The molecule has 0 radical (unpaired) electrons. The molecule has 3 nitrogen and oxygen atoms in total. The van der Waals surface area contributed by atoms with Crippen LogP contribution in [0.5, 0.6) is 5.75 Å². The summed E-state index contributed by atoms with van der Waals surface area (Å²) in [6.07, 6.45) is 4.72. The summed E-state index contributed by atoms with van der Waals surface area (Å²) >= 11 is 0. The maximum absolute atomic E-state index is 11.6. The smallest absolute Gasteiger partial charge is 0.201 e. The molecule has 1 aromatic carbocycles. The van der Waals surface area contributed by atoms with Crippen molar-refractivity contribution >= 4 is 11.9 Å². The molecule has 0 unspecified atom stereocenters. The van der Waals surface area contributed by atoms with Gasteiger partial charge in [-0.25, -0.2) is 0 Å². The third kappa shape index (κ3) is 2.20. The van der Waals surface area contributed by atoms with Gasteiger partial charge < -0.3 is 10.1 Å². The summed E-state index contributed by atoms with van der Waals surface area (Å²) in [7, 11) is 0. The van der Waals surface area contributed by atoms with E-state index >= 15 is 0 Å². The zero-order valence-corrected chi connectivity index (χ0v) is 8.55. The number of aromatic hydroxyl groups is 1. The van der Waals surface area contributed by atoms with Gasteiger partial charge in [0.25, 0.3) is 0 Å². The van der Waals surface area contributed by atoms with Crippen LogP contribution in [0.25, 0.3) is 6.08 Å². The Bertz CT molecular complexity index is 512. The molecule has 2 N–H and O–H groups in total. The van der Waals surface area contributed by atoms with Crippen molar-refractivity contribution in [1.82, 2.24) is 4.98 Å². The van der Waals surface area contributed by atoms with Crippen molar-refractivity contribution < 1.29 is 9.90 Å². The molecule has 0 bridgehead atoms. The molecule has 0 aliphatic carbocycles. The topological polar surface area (TPSA) is 53.1 Å². The largest absolute Gasteiger partial charge is 0.507 e. The van der Waals surface area contributed by atoms with Gasteiger partial charge in [-0.1, -0.05) is 18.2 Å². The molecule has 0 saturated heterocycles. The number of aromatic amines is 1. The zero-order chi connectivity index (χ0) is 11.4. The number of hydrogen-bond acceptors (Lipinski definition) is 2. The quantitative estimate of drug-likeness (QED) is 0.608. The Morgan fingerprint density at radius 1 is 1.19 bits per heavy atom. The number of aromatic nitrogens is 1. The minimum atomic E-state index is -0.117. The van der Waals surface area contributed by atoms with Crippen molar-refractivity contribution in [1.29, 1.82) is 0 Å². The van der Waals surface area contributed by atoms with Gasteiger partial charge in [0, 0.05) is 11.8 Å². The number of phenols is 1. The van der Waals surface area contributed by atoms with Crippen LogP contribution in [0.2, 0.25) is 0 Å². The lowest BCUT2D eigenvalue weighted by atomic mass is 10.1. The number of benzene rings is 1. The lowest BCUT2D eigenvalue weighted by Crippen LogP contribution is -1.93. The number of para-hydroxylation sites is 1. The molecule has 1 heterocycles. The van der Waals surface area contributed by atoms with Gasteiger partial charge >= 0.3 is 0 Å². The highest BCUT2D eigenvalue weighted by molar-refractivity contribution is 6.05. The van der Waals surface area contributed by atoms with Gasteiger partial charge in [-0.05, 0) is 30.4 Å². The molecule has 0 spiro atoms. The van der Waals surface area contributed by atoms with Crippen LogP contribution >= 0.6 is 0 Å². The van der Waals surface area contributed by atoms with Gasteiger partial charge in [0.2, 0.25) is 5.78 Å². The molecule has 80 valence electrons. The number of carbonyl (C=O) groups excluding carboxylic acids is 1. The van der Waals surface area contributed by atoms with Crippen molar-refractivity contribution in [3.8, 4) is 5.75 Å². The second kappa shape index (κ2) is 4.49. The maximum atomic E-state index is 11.6. The monoisotopic (exact) mass is 213 g/mol. The van der Waals surface area contributed by atoms with Crippen LogP contribution in [-0.2, 0) is 0 Å². The fourth-order valence-corrected chi connectivity index (χ4v) is 1.37. The van der Waals surface area contributed by atoms with Gasteiger partial charge in [0.1, 0.15) is 5.75 Å². The fourth-order valence-electron chi connectivity index (χ4n) is 1.37. The number of carbonyl (C=O) groups is 1. The highest BCUT2D eigenvalue weighted by Gasteiger charge is 2.01. The van der Waals surface area contributed by atoms with E-state index in [-0.39, 0.29) is 11.5 Å². The highest BCUT2D eigenvalue weighted by atomic mass is 16.3. The van der Waals surface area contributed by atoms with E-state index in [2.05, 4.69) is 4.98 Å². The van der Waals surface area contributed by atoms with E-state index in [0.29, 0.717) is 11.3 Å². The first kappa shape index (κ1) is 10.2. The Labute approximate surface area is 93.1 Å². The molecule has 1 aromatic heterocycles.